The van der Waals surface area contributed by atoms with Gasteiger partial charge in [0.2, 0.25) is 10.8 Å². The Balaban J connectivity index is 1.79. The zero-order valence-corrected chi connectivity index (χ0v) is 16.6. The normalized spacial score (nSPS) is 17.7. The average molecular weight is 419 g/mol. The molecule has 8 heteroatoms. The number of hydrogen-bond acceptors (Lipinski definition) is 6. The van der Waals surface area contributed by atoms with E-state index < -0.39 is 17.2 Å². The van der Waals surface area contributed by atoms with Crippen LogP contribution in [0.25, 0.3) is 0 Å². The third-order valence-electron chi connectivity index (χ3n) is 4.48. The number of fused-ring (bicyclic) bond motifs is 2. The molecule has 0 N–H and O–H groups in total. The molecule has 2 aromatic rings. The Kier molecular flexibility index (Phi) is 4.29. The molecule has 2 heterocycles. The van der Waals surface area contributed by atoms with Crippen molar-refractivity contribution in [2.75, 3.05) is 0 Å². The Morgan fingerprint density at radius 2 is 2.04 bits per heavy atom. The van der Waals surface area contributed by atoms with Crippen LogP contribution in [0, 0.1) is 0 Å². The van der Waals surface area contributed by atoms with Gasteiger partial charge in [-0.25, -0.2) is 14.8 Å². The highest BCUT2D eigenvalue weighted by atomic mass is 35.5. The number of halogens is 2. The second kappa shape index (κ2) is 6.41. The molecule has 0 fully saturated rings. The number of nitrogens with zero attached hydrogens (tertiary/aromatic N) is 2. The number of ether oxygens (including phenoxy) is 1. The van der Waals surface area contributed by atoms with E-state index in [0.717, 1.165) is 5.56 Å². The fraction of sp³-hybridized carbons (Fsp3) is 0.158. The Hall–Kier alpha value is -2.28. The van der Waals surface area contributed by atoms with Crippen LogP contribution in [-0.2, 0) is 10.2 Å². The van der Waals surface area contributed by atoms with Gasteiger partial charge < -0.3 is 4.74 Å². The van der Waals surface area contributed by atoms with Gasteiger partial charge in [0.05, 0.1) is 21.5 Å². The van der Waals surface area contributed by atoms with E-state index in [2.05, 4.69) is 9.98 Å². The number of carbonyl (C=O) groups is 2. The van der Waals surface area contributed by atoms with Crippen molar-refractivity contribution in [3.8, 4) is 5.75 Å². The highest BCUT2D eigenvalue weighted by Gasteiger charge is 2.40. The lowest BCUT2D eigenvalue weighted by molar-refractivity contribution is -0.111. The highest BCUT2D eigenvalue weighted by Crippen LogP contribution is 2.47. The minimum absolute atomic E-state index is 0.0377. The van der Waals surface area contributed by atoms with Crippen molar-refractivity contribution in [1.29, 1.82) is 0 Å². The van der Waals surface area contributed by atoms with E-state index >= 15 is 0 Å². The zero-order chi connectivity index (χ0) is 19.3. The van der Waals surface area contributed by atoms with E-state index in [-0.39, 0.29) is 15.1 Å². The number of carbonyl (C=O) groups excluding carboxylic acids is 2. The third kappa shape index (κ3) is 2.94. The molecule has 1 aromatic heterocycles. The Bertz CT molecular complexity index is 1080. The highest BCUT2D eigenvalue weighted by molar-refractivity contribution is 7.11. The van der Waals surface area contributed by atoms with Crippen LogP contribution in [0.2, 0.25) is 0 Å². The molecule has 136 valence electrons. The van der Waals surface area contributed by atoms with Crippen LogP contribution in [0.3, 0.4) is 0 Å². The summed E-state index contributed by atoms with van der Waals surface area (Å²) in [6.45, 7) is 3.87. The number of benzene rings is 1. The number of allylic oxidation sites excluding steroid dienone is 4. The van der Waals surface area contributed by atoms with Crippen molar-refractivity contribution in [1.82, 2.24) is 4.98 Å². The molecule has 1 aliphatic heterocycles. The van der Waals surface area contributed by atoms with Crippen molar-refractivity contribution >= 4 is 57.7 Å². The number of ketones is 1. The van der Waals surface area contributed by atoms with Crippen molar-refractivity contribution < 1.29 is 14.3 Å². The maximum atomic E-state index is 12.2. The summed E-state index contributed by atoms with van der Waals surface area (Å²) in [5, 5.41) is 2.07. The fourth-order valence-corrected chi connectivity index (χ4v) is 4.38. The lowest BCUT2D eigenvalue weighted by atomic mass is 9.71. The van der Waals surface area contributed by atoms with Gasteiger partial charge in [-0.05, 0) is 29.8 Å². The first-order valence-electron chi connectivity index (χ1n) is 7.96. The van der Waals surface area contributed by atoms with Crippen LogP contribution in [0.4, 0.5) is 5.69 Å². The van der Waals surface area contributed by atoms with E-state index in [4.69, 9.17) is 27.9 Å². The number of thiazole rings is 1. The summed E-state index contributed by atoms with van der Waals surface area (Å²) < 4.78 is 5.43. The van der Waals surface area contributed by atoms with Gasteiger partial charge in [0.15, 0.2) is 0 Å². The second-order valence-electron chi connectivity index (χ2n) is 6.54. The van der Waals surface area contributed by atoms with Crippen LogP contribution >= 0.6 is 34.5 Å². The molecule has 0 unspecified atom stereocenters. The van der Waals surface area contributed by atoms with Gasteiger partial charge in [-0.15, -0.1) is 11.3 Å². The molecular formula is C19H12Cl2N2O3S. The largest absolute Gasteiger partial charge is 0.421 e. The van der Waals surface area contributed by atoms with Gasteiger partial charge in [0, 0.05) is 22.6 Å². The molecule has 0 atom stereocenters. The van der Waals surface area contributed by atoms with Crippen LogP contribution < -0.4 is 4.74 Å². The molecule has 0 bridgehead atoms. The number of hydrogen-bond donors (Lipinski definition) is 0. The maximum absolute atomic E-state index is 12.2. The number of rotatable bonds is 2. The quantitative estimate of drug-likeness (QED) is 0.394. The monoisotopic (exact) mass is 418 g/mol. The minimum atomic E-state index is -0.628. The van der Waals surface area contributed by atoms with Crippen LogP contribution in [-0.4, -0.2) is 22.4 Å². The predicted molar refractivity (Wildman–Crippen MR) is 105 cm³/mol. The molecular weight excluding hydrogens is 407 g/mol. The zero-order valence-electron chi connectivity index (χ0n) is 14.2. The van der Waals surface area contributed by atoms with Crippen LogP contribution in [0.15, 0.2) is 56.5 Å². The van der Waals surface area contributed by atoms with Crippen molar-refractivity contribution in [2.24, 2.45) is 4.99 Å². The summed E-state index contributed by atoms with van der Waals surface area (Å²) >= 11 is 13.5. The van der Waals surface area contributed by atoms with Gasteiger partial charge in [-0.3, -0.25) is 4.79 Å². The minimum Gasteiger partial charge on any atom is -0.421 e. The summed E-state index contributed by atoms with van der Waals surface area (Å²) in [6.07, 6.45) is 3.08. The molecule has 0 spiro atoms. The van der Waals surface area contributed by atoms with Gasteiger partial charge in [0.1, 0.15) is 5.75 Å². The number of esters is 1. The van der Waals surface area contributed by atoms with E-state index in [1.165, 1.54) is 17.4 Å². The van der Waals surface area contributed by atoms with E-state index in [1.54, 1.807) is 29.8 Å². The molecule has 1 aromatic carbocycles. The molecule has 2 aliphatic rings. The summed E-state index contributed by atoms with van der Waals surface area (Å²) in [4.78, 5) is 32.9. The van der Waals surface area contributed by atoms with Crippen LogP contribution in [0.1, 0.15) is 29.2 Å². The number of aliphatic imine (C=N–C) groups is 1. The number of aromatic nitrogens is 1. The predicted octanol–water partition coefficient (Wildman–Crippen LogP) is 4.92. The smallest absolute Gasteiger partial charge is 0.372 e. The fourth-order valence-electron chi connectivity index (χ4n) is 3.19. The van der Waals surface area contributed by atoms with Crippen molar-refractivity contribution in [3.05, 3.63) is 62.1 Å². The van der Waals surface area contributed by atoms with Gasteiger partial charge in [0.25, 0.3) is 0 Å². The first-order chi connectivity index (χ1) is 12.8. The molecule has 5 nitrogen and oxygen atoms in total. The molecule has 4 rings (SSSR count). The van der Waals surface area contributed by atoms with Crippen molar-refractivity contribution in [2.45, 2.75) is 19.3 Å². The SMILES string of the molecule is CC1(C)C2=C(Cl)C(=O)C(Cl)=CC2=Nc2ccc(OC(=O)c3nccs3)cc21. The lowest BCUT2D eigenvalue weighted by Crippen LogP contribution is -2.32. The first kappa shape index (κ1) is 18.1. The Morgan fingerprint density at radius 3 is 2.74 bits per heavy atom. The second-order valence-corrected chi connectivity index (χ2v) is 8.22. The van der Waals surface area contributed by atoms with E-state index in [9.17, 15) is 9.59 Å². The summed E-state index contributed by atoms with van der Waals surface area (Å²) in [7, 11) is 0. The molecule has 0 saturated heterocycles. The van der Waals surface area contributed by atoms with E-state index in [1.807, 2.05) is 13.8 Å². The topological polar surface area (TPSA) is 68.6 Å². The Labute approximate surface area is 169 Å². The Morgan fingerprint density at radius 1 is 1.26 bits per heavy atom. The summed E-state index contributed by atoms with van der Waals surface area (Å²) in [5.41, 5.74) is 2.04. The summed E-state index contributed by atoms with van der Waals surface area (Å²) in [5.74, 6) is -0.578. The van der Waals surface area contributed by atoms with Gasteiger partial charge in [-0.2, -0.15) is 0 Å². The molecule has 0 saturated carbocycles. The van der Waals surface area contributed by atoms with Gasteiger partial charge >= 0.3 is 5.97 Å². The van der Waals surface area contributed by atoms with Gasteiger partial charge in [-0.1, -0.05) is 37.0 Å². The number of Topliss-reactive ketones (excluding diaryl/α,β-unsaturated/α-hetero) is 1. The molecule has 0 radical (unpaired) electrons. The van der Waals surface area contributed by atoms with Crippen molar-refractivity contribution in [3.63, 3.8) is 0 Å². The molecule has 0 amide bonds. The lowest BCUT2D eigenvalue weighted by Gasteiger charge is -2.36. The maximum Gasteiger partial charge on any atom is 0.372 e. The third-order valence-corrected chi connectivity index (χ3v) is 5.87. The standard InChI is InChI=1S/C19H12Cl2N2O3S/c1-19(2)10-7-9(26-18(25)17-22-5-6-27-17)3-4-12(10)23-13-8-11(20)16(24)15(21)14(13)19/h3-8H,1-2H3. The van der Waals surface area contributed by atoms with Crippen LogP contribution in [0.5, 0.6) is 5.75 Å². The van der Waals surface area contributed by atoms with E-state index in [0.29, 0.717) is 22.7 Å². The molecule has 27 heavy (non-hydrogen) atoms. The summed E-state index contributed by atoms with van der Waals surface area (Å²) in [6, 6.07) is 5.17. The average Bonchev–Trinajstić information content (AvgIpc) is 3.15. The first-order valence-corrected chi connectivity index (χ1v) is 9.60. The molecule has 1 aliphatic carbocycles.